The first-order chi connectivity index (χ1) is 12.1. The molecule has 1 aliphatic carbocycles. The average molecular weight is 351 g/mol. The SMILES string of the molecule is CN1Cc2nc(N3CCc4nc(C5CC5)sc4C3)c(C#N)cc2C1=O. The minimum atomic E-state index is -0.0528. The van der Waals surface area contributed by atoms with Gasteiger partial charge in [0.2, 0.25) is 0 Å². The lowest BCUT2D eigenvalue weighted by Crippen LogP contribution is -2.31. The highest BCUT2D eigenvalue weighted by molar-refractivity contribution is 7.11. The van der Waals surface area contributed by atoms with Crippen LogP contribution in [0.4, 0.5) is 5.82 Å². The van der Waals surface area contributed by atoms with E-state index in [1.807, 2.05) is 11.3 Å². The van der Waals surface area contributed by atoms with Crippen LogP contribution in [0.25, 0.3) is 0 Å². The minimum absolute atomic E-state index is 0.0528. The number of hydrogen-bond donors (Lipinski definition) is 0. The molecule has 2 aliphatic heterocycles. The van der Waals surface area contributed by atoms with E-state index < -0.39 is 0 Å². The van der Waals surface area contributed by atoms with Crippen molar-refractivity contribution in [2.45, 2.75) is 38.3 Å². The summed E-state index contributed by atoms with van der Waals surface area (Å²) < 4.78 is 0. The molecular formula is C18H17N5OS. The molecule has 25 heavy (non-hydrogen) atoms. The molecule has 1 saturated carbocycles. The van der Waals surface area contributed by atoms with Crippen molar-refractivity contribution in [2.75, 3.05) is 18.5 Å². The number of anilines is 1. The van der Waals surface area contributed by atoms with E-state index in [1.165, 1.54) is 28.4 Å². The molecule has 5 rings (SSSR count). The van der Waals surface area contributed by atoms with Crippen LogP contribution in [0.2, 0.25) is 0 Å². The number of nitrogens with zero attached hydrogens (tertiary/aromatic N) is 5. The van der Waals surface area contributed by atoms with Gasteiger partial charge < -0.3 is 9.80 Å². The maximum atomic E-state index is 12.1. The van der Waals surface area contributed by atoms with Gasteiger partial charge in [0.05, 0.1) is 40.6 Å². The van der Waals surface area contributed by atoms with Crippen molar-refractivity contribution in [2.24, 2.45) is 0 Å². The summed E-state index contributed by atoms with van der Waals surface area (Å²) in [6.45, 7) is 2.08. The van der Waals surface area contributed by atoms with E-state index in [0.717, 1.165) is 25.2 Å². The van der Waals surface area contributed by atoms with Crippen molar-refractivity contribution in [1.82, 2.24) is 14.9 Å². The number of rotatable bonds is 2. The summed E-state index contributed by atoms with van der Waals surface area (Å²) in [5, 5.41) is 10.8. The van der Waals surface area contributed by atoms with E-state index in [2.05, 4.69) is 11.0 Å². The molecule has 0 bridgehead atoms. The minimum Gasteiger partial charge on any atom is -0.350 e. The molecule has 0 radical (unpaired) electrons. The lowest BCUT2D eigenvalue weighted by atomic mass is 10.1. The van der Waals surface area contributed by atoms with Crippen LogP contribution in [-0.4, -0.2) is 34.4 Å². The van der Waals surface area contributed by atoms with Gasteiger partial charge in [-0.15, -0.1) is 11.3 Å². The Morgan fingerprint density at radius 3 is 2.88 bits per heavy atom. The Morgan fingerprint density at radius 2 is 2.12 bits per heavy atom. The maximum Gasteiger partial charge on any atom is 0.255 e. The Labute approximate surface area is 149 Å². The fourth-order valence-corrected chi connectivity index (χ4v) is 4.87. The van der Waals surface area contributed by atoms with Gasteiger partial charge in [0.15, 0.2) is 0 Å². The van der Waals surface area contributed by atoms with E-state index in [9.17, 15) is 10.1 Å². The predicted molar refractivity (Wildman–Crippen MR) is 93.6 cm³/mol. The number of thiazole rings is 1. The molecule has 6 nitrogen and oxygen atoms in total. The topological polar surface area (TPSA) is 73.1 Å². The quantitative estimate of drug-likeness (QED) is 0.831. The van der Waals surface area contributed by atoms with Gasteiger partial charge in [-0.3, -0.25) is 4.79 Å². The van der Waals surface area contributed by atoms with Gasteiger partial charge in [0, 0.05) is 30.8 Å². The number of aromatic nitrogens is 2. The number of carbonyl (C=O) groups is 1. The van der Waals surface area contributed by atoms with Gasteiger partial charge in [0.1, 0.15) is 11.9 Å². The van der Waals surface area contributed by atoms with Crippen LogP contribution in [-0.2, 0) is 19.5 Å². The van der Waals surface area contributed by atoms with E-state index in [1.54, 1.807) is 18.0 Å². The molecule has 0 atom stereocenters. The number of fused-ring (bicyclic) bond motifs is 2. The highest BCUT2D eigenvalue weighted by atomic mass is 32.1. The zero-order valence-corrected chi connectivity index (χ0v) is 14.8. The third-order valence-corrected chi connectivity index (χ3v) is 6.38. The molecule has 1 fully saturated rings. The first-order valence-corrected chi connectivity index (χ1v) is 9.38. The maximum absolute atomic E-state index is 12.1. The molecule has 7 heteroatoms. The first-order valence-electron chi connectivity index (χ1n) is 8.57. The van der Waals surface area contributed by atoms with Crippen molar-refractivity contribution in [1.29, 1.82) is 5.26 Å². The van der Waals surface area contributed by atoms with E-state index in [0.29, 0.717) is 29.4 Å². The smallest absolute Gasteiger partial charge is 0.255 e. The van der Waals surface area contributed by atoms with E-state index in [-0.39, 0.29) is 5.91 Å². The Hall–Kier alpha value is -2.46. The second-order valence-electron chi connectivity index (χ2n) is 6.99. The normalized spacial score (nSPS) is 19.0. The fraction of sp³-hybridized carbons (Fsp3) is 0.444. The summed E-state index contributed by atoms with van der Waals surface area (Å²) in [5.74, 6) is 1.33. The van der Waals surface area contributed by atoms with Crippen molar-refractivity contribution >= 4 is 23.1 Å². The standard InChI is InChI=1S/C18H17N5OS/c1-22-8-14-12(18(22)24)6-11(7-19)16(20-14)23-5-4-13-15(9-23)25-17(21-13)10-2-3-10/h6,10H,2-5,8-9H2,1H3. The molecule has 126 valence electrons. The van der Waals surface area contributed by atoms with Crippen LogP contribution in [0.1, 0.15) is 56.0 Å². The molecule has 2 aromatic rings. The molecule has 0 spiro atoms. The average Bonchev–Trinajstić information content (AvgIpc) is 3.33. The van der Waals surface area contributed by atoms with Crippen molar-refractivity contribution in [3.05, 3.63) is 38.5 Å². The van der Waals surface area contributed by atoms with Gasteiger partial charge in [0.25, 0.3) is 5.91 Å². The molecule has 2 aromatic heterocycles. The van der Waals surface area contributed by atoms with Crippen molar-refractivity contribution in [3.63, 3.8) is 0 Å². The Morgan fingerprint density at radius 1 is 1.28 bits per heavy atom. The van der Waals surface area contributed by atoms with Crippen LogP contribution in [0.3, 0.4) is 0 Å². The largest absolute Gasteiger partial charge is 0.350 e. The molecule has 0 unspecified atom stereocenters. The monoisotopic (exact) mass is 351 g/mol. The summed E-state index contributed by atoms with van der Waals surface area (Å²) in [6.07, 6.45) is 3.42. The number of hydrogen-bond acceptors (Lipinski definition) is 6. The molecule has 0 N–H and O–H groups in total. The fourth-order valence-electron chi connectivity index (χ4n) is 3.57. The van der Waals surface area contributed by atoms with Crippen LogP contribution in [0, 0.1) is 11.3 Å². The summed E-state index contributed by atoms with van der Waals surface area (Å²) in [6, 6.07) is 3.94. The molecule has 3 aliphatic rings. The molecule has 0 aromatic carbocycles. The van der Waals surface area contributed by atoms with E-state index in [4.69, 9.17) is 9.97 Å². The predicted octanol–water partition coefficient (Wildman–Crippen LogP) is 2.44. The Kier molecular flexibility index (Phi) is 3.13. The summed E-state index contributed by atoms with van der Waals surface area (Å²) >= 11 is 1.82. The lowest BCUT2D eigenvalue weighted by molar-refractivity contribution is 0.0816. The van der Waals surface area contributed by atoms with E-state index >= 15 is 0 Å². The number of carbonyl (C=O) groups excluding carboxylic acids is 1. The summed E-state index contributed by atoms with van der Waals surface area (Å²) in [4.78, 5) is 26.8. The zero-order chi connectivity index (χ0) is 17.1. The van der Waals surface area contributed by atoms with Gasteiger partial charge in [-0.25, -0.2) is 9.97 Å². The number of nitriles is 1. The number of amides is 1. The first kappa shape index (κ1) is 14.8. The third kappa shape index (κ3) is 2.32. The van der Waals surface area contributed by atoms with Gasteiger partial charge >= 0.3 is 0 Å². The van der Waals surface area contributed by atoms with Gasteiger partial charge in [-0.05, 0) is 18.9 Å². The van der Waals surface area contributed by atoms with Crippen molar-refractivity contribution < 1.29 is 4.79 Å². The molecular weight excluding hydrogens is 334 g/mol. The molecule has 0 saturated heterocycles. The zero-order valence-electron chi connectivity index (χ0n) is 13.9. The van der Waals surface area contributed by atoms with Crippen LogP contribution in [0.5, 0.6) is 0 Å². The van der Waals surface area contributed by atoms with Gasteiger partial charge in [-0.1, -0.05) is 0 Å². The van der Waals surface area contributed by atoms with Crippen LogP contribution < -0.4 is 4.90 Å². The van der Waals surface area contributed by atoms with Crippen molar-refractivity contribution in [3.8, 4) is 6.07 Å². The molecule has 1 amide bonds. The Balaban J connectivity index is 1.50. The second kappa shape index (κ2) is 5.27. The second-order valence-corrected chi connectivity index (χ2v) is 8.11. The highest BCUT2D eigenvalue weighted by Crippen LogP contribution is 2.43. The lowest BCUT2D eigenvalue weighted by Gasteiger charge is -2.28. The highest BCUT2D eigenvalue weighted by Gasteiger charge is 2.32. The third-order valence-electron chi connectivity index (χ3n) is 5.14. The van der Waals surface area contributed by atoms with Crippen LogP contribution >= 0.6 is 11.3 Å². The van der Waals surface area contributed by atoms with Gasteiger partial charge in [-0.2, -0.15) is 5.26 Å². The Bertz CT molecular complexity index is 940. The number of pyridine rings is 1. The summed E-state index contributed by atoms with van der Waals surface area (Å²) in [5.41, 5.74) is 3.04. The van der Waals surface area contributed by atoms with Crippen LogP contribution in [0.15, 0.2) is 6.07 Å². The summed E-state index contributed by atoms with van der Waals surface area (Å²) in [7, 11) is 1.76. The molecule has 4 heterocycles.